The van der Waals surface area contributed by atoms with Gasteiger partial charge in [0, 0.05) is 11.8 Å². The van der Waals surface area contributed by atoms with Crippen LogP contribution in [0.15, 0.2) is 42.5 Å². The predicted molar refractivity (Wildman–Crippen MR) is 76.4 cm³/mol. The second kappa shape index (κ2) is 5.57. The van der Waals surface area contributed by atoms with Gasteiger partial charge in [-0.3, -0.25) is 4.79 Å². The fraction of sp³-hybridized carbons (Fsp3) is 0.188. The Balaban J connectivity index is 2.05. The van der Waals surface area contributed by atoms with Crippen LogP contribution in [0.3, 0.4) is 0 Å². The number of anilines is 1. The van der Waals surface area contributed by atoms with Gasteiger partial charge in [-0.25, -0.2) is 0 Å². The largest absolute Gasteiger partial charge is 0.508 e. The molecule has 0 aliphatic rings. The highest BCUT2D eigenvalue weighted by atomic mass is 16.3. The van der Waals surface area contributed by atoms with Crippen molar-refractivity contribution in [2.75, 3.05) is 5.32 Å². The lowest BCUT2D eigenvalue weighted by molar-refractivity contribution is -0.115. The number of aromatic hydroxyl groups is 1. The molecular formula is C16H17NO2. The van der Waals surface area contributed by atoms with Crippen molar-refractivity contribution < 1.29 is 9.90 Å². The molecule has 2 aromatic rings. The van der Waals surface area contributed by atoms with Crippen molar-refractivity contribution >= 4 is 11.6 Å². The number of phenolic OH excluding ortho intramolecular Hbond substituents is 1. The first-order valence-electron chi connectivity index (χ1n) is 6.20. The molecule has 0 saturated heterocycles. The Morgan fingerprint density at radius 3 is 2.53 bits per heavy atom. The number of benzene rings is 2. The third kappa shape index (κ3) is 3.35. The van der Waals surface area contributed by atoms with E-state index in [2.05, 4.69) is 5.32 Å². The van der Waals surface area contributed by atoms with Crippen LogP contribution in [0.4, 0.5) is 5.69 Å². The summed E-state index contributed by atoms with van der Waals surface area (Å²) in [5.74, 6) is 0.103. The van der Waals surface area contributed by atoms with Gasteiger partial charge in [0.1, 0.15) is 5.75 Å². The van der Waals surface area contributed by atoms with Crippen molar-refractivity contribution in [3.8, 4) is 5.75 Å². The standard InChI is InChI=1S/C16H17NO2/c1-11-5-3-4-6-13(11)9-16(19)17-14-8-7-12(2)15(18)10-14/h3-8,10,18H,9H2,1-2H3,(H,17,19). The van der Waals surface area contributed by atoms with Gasteiger partial charge >= 0.3 is 0 Å². The van der Waals surface area contributed by atoms with Crippen molar-refractivity contribution in [3.05, 3.63) is 59.2 Å². The monoisotopic (exact) mass is 255 g/mol. The Kier molecular flexibility index (Phi) is 3.85. The molecule has 0 radical (unpaired) electrons. The fourth-order valence-electron chi connectivity index (χ4n) is 1.87. The number of aryl methyl sites for hydroxylation is 2. The van der Waals surface area contributed by atoms with Crippen LogP contribution in [0.2, 0.25) is 0 Å². The van der Waals surface area contributed by atoms with Crippen LogP contribution in [0.1, 0.15) is 16.7 Å². The molecule has 19 heavy (non-hydrogen) atoms. The van der Waals surface area contributed by atoms with Crippen molar-refractivity contribution in [1.29, 1.82) is 0 Å². The molecule has 0 bridgehead atoms. The predicted octanol–water partition coefficient (Wildman–Crippen LogP) is 3.19. The Hall–Kier alpha value is -2.29. The van der Waals surface area contributed by atoms with Crippen molar-refractivity contribution in [2.45, 2.75) is 20.3 Å². The summed E-state index contributed by atoms with van der Waals surface area (Å²) in [6.45, 7) is 3.80. The van der Waals surface area contributed by atoms with E-state index in [1.54, 1.807) is 18.2 Å². The summed E-state index contributed by atoms with van der Waals surface area (Å²) >= 11 is 0. The molecule has 2 N–H and O–H groups in total. The maximum absolute atomic E-state index is 11.9. The van der Waals surface area contributed by atoms with Gasteiger partial charge in [0.25, 0.3) is 0 Å². The van der Waals surface area contributed by atoms with E-state index in [0.29, 0.717) is 12.1 Å². The molecule has 2 aromatic carbocycles. The average Bonchev–Trinajstić information content (AvgIpc) is 2.37. The Bertz CT molecular complexity index is 605. The maximum Gasteiger partial charge on any atom is 0.228 e. The van der Waals surface area contributed by atoms with Gasteiger partial charge in [0.2, 0.25) is 5.91 Å². The molecule has 3 heteroatoms. The fourth-order valence-corrected chi connectivity index (χ4v) is 1.87. The van der Waals surface area contributed by atoms with Crippen molar-refractivity contribution in [1.82, 2.24) is 0 Å². The highest BCUT2D eigenvalue weighted by Crippen LogP contribution is 2.21. The number of rotatable bonds is 3. The van der Waals surface area contributed by atoms with Gasteiger partial charge in [-0.15, -0.1) is 0 Å². The van der Waals surface area contributed by atoms with Gasteiger partial charge in [-0.1, -0.05) is 30.3 Å². The van der Waals surface area contributed by atoms with E-state index in [1.807, 2.05) is 38.1 Å². The minimum absolute atomic E-state index is 0.0856. The topological polar surface area (TPSA) is 49.3 Å². The molecule has 0 atom stereocenters. The van der Waals surface area contributed by atoms with Crippen molar-refractivity contribution in [2.24, 2.45) is 0 Å². The smallest absolute Gasteiger partial charge is 0.228 e. The van der Waals surface area contributed by atoms with Crippen LogP contribution in [0, 0.1) is 13.8 Å². The molecule has 0 aliphatic carbocycles. The van der Waals surface area contributed by atoms with E-state index in [1.165, 1.54) is 0 Å². The summed E-state index contributed by atoms with van der Waals surface area (Å²) < 4.78 is 0. The van der Waals surface area contributed by atoms with Crippen LogP contribution in [0.25, 0.3) is 0 Å². The first kappa shape index (κ1) is 13.1. The minimum atomic E-state index is -0.0856. The van der Waals surface area contributed by atoms with Gasteiger partial charge < -0.3 is 10.4 Å². The van der Waals surface area contributed by atoms with Crippen LogP contribution in [0.5, 0.6) is 5.75 Å². The molecule has 3 nitrogen and oxygen atoms in total. The number of hydrogen-bond donors (Lipinski definition) is 2. The molecule has 0 fully saturated rings. The van der Waals surface area contributed by atoms with Crippen molar-refractivity contribution in [3.63, 3.8) is 0 Å². The van der Waals surface area contributed by atoms with Crippen LogP contribution in [-0.2, 0) is 11.2 Å². The summed E-state index contributed by atoms with van der Waals surface area (Å²) in [6, 6.07) is 12.9. The lowest BCUT2D eigenvalue weighted by Gasteiger charge is -2.08. The highest BCUT2D eigenvalue weighted by molar-refractivity contribution is 5.92. The second-order valence-electron chi connectivity index (χ2n) is 4.65. The molecule has 0 saturated carbocycles. The van der Waals surface area contributed by atoms with Crippen LogP contribution >= 0.6 is 0 Å². The van der Waals surface area contributed by atoms with Gasteiger partial charge in [-0.2, -0.15) is 0 Å². The Labute approximate surface area is 112 Å². The number of amides is 1. The molecule has 1 amide bonds. The quantitative estimate of drug-likeness (QED) is 0.885. The zero-order valence-electron chi connectivity index (χ0n) is 11.1. The number of carbonyl (C=O) groups excluding carboxylic acids is 1. The average molecular weight is 255 g/mol. The minimum Gasteiger partial charge on any atom is -0.508 e. The third-order valence-corrected chi connectivity index (χ3v) is 3.11. The zero-order valence-corrected chi connectivity index (χ0v) is 11.1. The third-order valence-electron chi connectivity index (χ3n) is 3.11. The van der Waals surface area contributed by atoms with Crippen LogP contribution < -0.4 is 5.32 Å². The van der Waals surface area contributed by atoms with E-state index in [9.17, 15) is 9.90 Å². The Morgan fingerprint density at radius 1 is 1.11 bits per heavy atom. The first-order valence-corrected chi connectivity index (χ1v) is 6.20. The van der Waals surface area contributed by atoms with Gasteiger partial charge in [0.05, 0.1) is 6.42 Å². The number of carbonyl (C=O) groups is 1. The molecular weight excluding hydrogens is 238 g/mol. The number of nitrogens with one attached hydrogen (secondary N) is 1. The molecule has 0 unspecified atom stereocenters. The molecule has 0 spiro atoms. The maximum atomic E-state index is 11.9. The van der Waals surface area contributed by atoms with E-state index in [0.717, 1.165) is 16.7 Å². The SMILES string of the molecule is Cc1ccc(NC(=O)Cc2ccccc2C)cc1O. The second-order valence-corrected chi connectivity index (χ2v) is 4.65. The van der Waals surface area contributed by atoms with E-state index in [-0.39, 0.29) is 11.7 Å². The molecule has 0 heterocycles. The molecule has 2 rings (SSSR count). The van der Waals surface area contributed by atoms with Gasteiger partial charge in [0.15, 0.2) is 0 Å². The Morgan fingerprint density at radius 2 is 1.84 bits per heavy atom. The first-order chi connectivity index (χ1) is 9.06. The molecule has 0 aliphatic heterocycles. The highest BCUT2D eigenvalue weighted by Gasteiger charge is 2.07. The van der Waals surface area contributed by atoms with E-state index >= 15 is 0 Å². The zero-order chi connectivity index (χ0) is 13.8. The molecule has 98 valence electrons. The van der Waals surface area contributed by atoms with E-state index in [4.69, 9.17) is 0 Å². The summed E-state index contributed by atoms with van der Waals surface area (Å²) in [4.78, 5) is 11.9. The summed E-state index contributed by atoms with van der Waals surface area (Å²) in [5, 5.41) is 12.4. The van der Waals surface area contributed by atoms with Crippen LogP contribution in [-0.4, -0.2) is 11.0 Å². The molecule has 0 aromatic heterocycles. The number of phenols is 1. The van der Waals surface area contributed by atoms with Gasteiger partial charge in [-0.05, 0) is 36.6 Å². The lowest BCUT2D eigenvalue weighted by Crippen LogP contribution is -2.14. The summed E-state index contributed by atoms with van der Waals surface area (Å²) in [6.07, 6.45) is 0.335. The lowest BCUT2D eigenvalue weighted by atomic mass is 10.1. The summed E-state index contributed by atoms with van der Waals surface area (Å²) in [7, 11) is 0. The van der Waals surface area contributed by atoms with E-state index < -0.39 is 0 Å². The summed E-state index contributed by atoms with van der Waals surface area (Å²) in [5.41, 5.74) is 3.51. The number of hydrogen-bond acceptors (Lipinski definition) is 2. The normalized spacial score (nSPS) is 10.2.